The van der Waals surface area contributed by atoms with E-state index in [1.807, 2.05) is 0 Å². The predicted octanol–water partition coefficient (Wildman–Crippen LogP) is 2.09. The number of hydrogen-bond acceptors (Lipinski definition) is 4. The highest BCUT2D eigenvalue weighted by molar-refractivity contribution is 7.14. The minimum Gasteiger partial charge on any atom is -0.476 e. The van der Waals surface area contributed by atoms with Gasteiger partial charge in [-0.3, -0.25) is 4.79 Å². The fraction of sp³-hybridized carbons (Fsp3) is 0. The lowest BCUT2D eigenvalue weighted by Crippen LogP contribution is -2.13. The molecule has 2 aromatic rings. The molecule has 17 heavy (non-hydrogen) atoms. The van der Waals surface area contributed by atoms with Crippen LogP contribution in [0.1, 0.15) is 20.8 Å². The van der Waals surface area contributed by atoms with Gasteiger partial charge in [0.05, 0.1) is 5.51 Å². The number of carbonyl (C=O) groups excluding carboxylic acids is 1. The smallest absolute Gasteiger partial charge is 0.357 e. The van der Waals surface area contributed by atoms with Crippen LogP contribution in [0.4, 0.5) is 5.00 Å². The summed E-state index contributed by atoms with van der Waals surface area (Å²) < 4.78 is 0. The lowest BCUT2D eigenvalue weighted by atomic mass is 10.2. The van der Waals surface area contributed by atoms with Crippen LogP contribution in [0.5, 0.6) is 0 Å². The van der Waals surface area contributed by atoms with Crippen LogP contribution in [0.15, 0.2) is 35.8 Å². The van der Waals surface area contributed by atoms with Crippen molar-refractivity contribution in [1.82, 2.24) is 4.98 Å². The fourth-order valence-corrected chi connectivity index (χ4v) is 1.92. The average Bonchev–Trinajstić information content (AvgIpc) is 2.78. The zero-order valence-electron chi connectivity index (χ0n) is 8.58. The molecule has 0 aliphatic heterocycles. The number of carbonyl (C=O) groups is 2. The molecule has 0 radical (unpaired) electrons. The van der Waals surface area contributed by atoms with Gasteiger partial charge >= 0.3 is 5.97 Å². The van der Waals surface area contributed by atoms with Crippen LogP contribution in [0.2, 0.25) is 0 Å². The Morgan fingerprint density at radius 1 is 1.24 bits per heavy atom. The summed E-state index contributed by atoms with van der Waals surface area (Å²) in [4.78, 5) is 26.2. The molecular formula is C11H8N2O3S. The Hall–Kier alpha value is -2.21. The number of aromatic nitrogens is 1. The molecule has 2 N–H and O–H groups in total. The number of carboxylic acids is 1. The number of hydrogen-bond donors (Lipinski definition) is 2. The largest absolute Gasteiger partial charge is 0.476 e. The van der Waals surface area contributed by atoms with Crippen molar-refractivity contribution in [3.63, 3.8) is 0 Å². The summed E-state index contributed by atoms with van der Waals surface area (Å²) in [5, 5.41) is 11.6. The van der Waals surface area contributed by atoms with E-state index >= 15 is 0 Å². The van der Waals surface area contributed by atoms with Crippen molar-refractivity contribution >= 4 is 28.2 Å². The molecule has 1 aromatic carbocycles. The first-order valence-electron chi connectivity index (χ1n) is 4.71. The number of nitrogens with one attached hydrogen (secondary N) is 1. The Balaban J connectivity index is 2.19. The lowest BCUT2D eigenvalue weighted by molar-refractivity contribution is 0.0692. The summed E-state index contributed by atoms with van der Waals surface area (Å²) >= 11 is 1.08. The van der Waals surface area contributed by atoms with Gasteiger partial charge in [-0.1, -0.05) is 18.2 Å². The van der Waals surface area contributed by atoms with Gasteiger partial charge in [-0.2, -0.15) is 0 Å². The quantitative estimate of drug-likeness (QED) is 0.871. The Bertz CT molecular complexity index is 551. The molecule has 0 bridgehead atoms. The van der Waals surface area contributed by atoms with E-state index in [9.17, 15) is 9.59 Å². The summed E-state index contributed by atoms with van der Waals surface area (Å²) in [6, 6.07) is 8.57. The van der Waals surface area contributed by atoms with Crippen molar-refractivity contribution in [3.8, 4) is 0 Å². The molecule has 0 aliphatic rings. The summed E-state index contributed by atoms with van der Waals surface area (Å²) in [6.07, 6.45) is 0. The molecule has 2 rings (SSSR count). The molecule has 1 heterocycles. The highest BCUT2D eigenvalue weighted by atomic mass is 32.1. The van der Waals surface area contributed by atoms with Gasteiger partial charge in [0.1, 0.15) is 5.00 Å². The standard InChI is InChI=1S/C11H8N2O3S/c14-9(7-4-2-1-3-5-7)13-10-8(11(15)16)12-6-17-10/h1-6H,(H,13,14)(H,15,16). The number of benzene rings is 1. The van der Waals surface area contributed by atoms with Gasteiger partial charge in [0.15, 0.2) is 5.69 Å². The van der Waals surface area contributed by atoms with Crippen LogP contribution in [0, 0.1) is 0 Å². The van der Waals surface area contributed by atoms with Gasteiger partial charge in [-0.05, 0) is 12.1 Å². The van der Waals surface area contributed by atoms with Crippen molar-refractivity contribution in [3.05, 3.63) is 47.1 Å². The molecule has 86 valence electrons. The molecule has 0 spiro atoms. The number of thiazole rings is 1. The Labute approximate surface area is 101 Å². The zero-order valence-corrected chi connectivity index (χ0v) is 9.40. The Morgan fingerprint density at radius 3 is 2.59 bits per heavy atom. The first-order valence-corrected chi connectivity index (χ1v) is 5.59. The first-order chi connectivity index (χ1) is 8.18. The monoisotopic (exact) mass is 248 g/mol. The molecule has 0 saturated heterocycles. The van der Waals surface area contributed by atoms with E-state index in [1.165, 1.54) is 5.51 Å². The van der Waals surface area contributed by atoms with Gasteiger partial charge in [0.25, 0.3) is 5.91 Å². The summed E-state index contributed by atoms with van der Waals surface area (Å²) in [6.45, 7) is 0. The van der Waals surface area contributed by atoms with Crippen LogP contribution in [-0.4, -0.2) is 22.0 Å². The van der Waals surface area contributed by atoms with Gasteiger partial charge in [-0.25, -0.2) is 9.78 Å². The molecule has 6 heteroatoms. The molecule has 0 atom stereocenters. The number of nitrogens with zero attached hydrogens (tertiary/aromatic N) is 1. The Morgan fingerprint density at radius 2 is 1.94 bits per heavy atom. The second-order valence-electron chi connectivity index (χ2n) is 3.16. The van der Waals surface area contributed by atoms with Crippen LogP contribution >= 0.6 is 11.3 Å². The molecule has 0 saturated carbocycles. The van der Waals surface area contributed by atoms with E-state index in [1.54, 1.807) is 30.3 Å². The minimum absolute atomic E-state index is 0.140. The third-order valence-corrected chi connectivity index (χ3v) is 2.77. The van der Waals surface area contributed by atoms with Crippen molar-refractivity contribution in [2.24, 2.45) is 0 Å². The minimum atomic E-state index is -1.16. The van der Waals surface area contributed by atoms with Crippen molar-refractivity contribution in [2.75, 3.05) is 5.32 Å². The SMILES string of the molecule is O=C(Nc1scnc1C(=O)O)c1ccccc1. The second kappa shape index (κ2) is 4.75. The second-order valence-corrected chi connectivity index (χ2v) is 4.01. The normalized spacial score (nSPS) is 9.88. The average molecular weight is 248 g/mol. The molecule has 0 aliphatic carbocycles. The van der Waals surface area contributed by atoms with Gasteiger partial charge < -0.3 is 10.4 Å². The first kappa shape index (κ1) is 11.3. The third-order valence-electron chi connectivity index (χ3n) is 2.03. The van der Waals surface area contributed by atoms with Crippen LogP contribution in [0.3, 0.4) is 0 Å². The van der Waals surface area contributed by atoms with Gasteiger partial charge in [-0.15, -0.1) is 11.3 Å². The van der Waals surface area contributed by atoms with E-state index in [0.717, 1.165) is 11.3 Å². The summed E-state index contributed by atoms with van der Waals surface area (Å²) in [7, 11) is 0. The van der Waals surface area contributed by atoms with Gasteiger partial charge in [0.2, 0.25) is 0 Å². The van der Waals surface area contributed by atoms with Crippen LogP contribution in [-0.2, 0) is 0 Å². The van der Waals surface area contributed by atoms with Crippen molar-refractivity contribution in [1.29, 1.82) is 0 Å². The van der Waals surface area contributed by atoms with E-state index in [-0.39, 0.29) is 16.6 Å². The maximum atomic E-state index is 11.8. The maximum Gasteiger partial charge on any atom is 0.357 e. The molecule has 1 amide bonds. The number of carboxylic acid groups (broad SMARTS) is 1. The lowest BCUT2D eigenvalue weighted by Gasteiger charge is -2.02. The number of amides is 1. The van der Waals surface area contributed by atoms with E-state index in [2.05, 4.69) is 10.3 Å². The van der Waals surface area contributed by atoms with Crippen molar-refractivity contribution in [2.45, 2.75) is 0 Å². The maximum absolute atomic E-state index is 11.8. The predicted molar refractivity (Wildman–Crippen MR) is 63.5 cm³/mol. The Kier molecular flexibility index (Phi) is 3.15. The number of aromatic carboxylic acids is 1. The molecule has 1 aromatic heterocycles. The summed E-state index contributed by atoms with van der Waals surface area (Å²) in [5.74, 6) is -1.51. The fourth-order valence-electron chi connectivity index (χ4n) is 1.25. The highest BCUT2D eigenvalue weighted by Crippen LogP contribution is 2.20. The molecule has 0 unspecified atom stereocenters. The van der Waals surface area contributed by atoms with E-state index in [4.69, 9.17) is 5.11 Å². The zero-order chi connectivity index (χ0) is 12.3. The van der Waals surface area contributed by atoms with E-state index in [0.29, 0.717) is 5.56 Å². The topological polar surface area (TPSA) is 79.3 Å². The molecule has 5 nitrogen and oxygen atoms in total. The number of anilines is 1. The van der Waals surface area contributed by atoms with Crippen LogP contribution in [0.25, 0.3) is 0 Å². The van der Waals surface area contributed by atoms with Crippen molar-refractivity contribution < 1.29 is 14.7 Å². The van der Waals surface area contributed by atoms with E-state index < -0.39 is 5.97 Å². The van der Waals surface area contributed by atoms with Crippen LogP contribution < -0.4 is 5.32 Å². The summed E-state index contributed by atoms with van der Waals surface area (Å²) in [5.41, 5.74) is 1.71. The third kappa shape index (κ3) is 2.48. The molecular weight excluding hydrogens is 240 g/mol. The molecule has 0 fully saturated rings. The van der Waals surface area contributed by atoms with Gasteiger partial charge in [0, 0.05) is 5.56 Å². The number of rotatable bonds is 3. The highest BCUT2D eigenvalue weighted by Gasteiger charge is 2.16.